The molecule has 0 atom stereocenters. The number of halogens is 1. The number of rotatable bonds is 2. The molecule has 0 spiro atoms. The van der Waals surface area contributed by atoms with Gasteiger partial charge in [0.05, 0.1) is 17.8 Å². The Balaban J connectivity index is 3.46. The zero-order chi connectivity index (χ0) is 7.28. The first-order chi connectivity index (χ1) is 4.22. The molecule has 5 heteroatoms. The lowest BCUT2D eigenvalue weighted by Crippen LogP contribution is -2.18. The van der Waals surface area contributed by atoms with E-state index >= 15 is 0 Å². The summed E-state index contributed by atoms with van der Waals surface area (Å²) in [6.07, 6.45) is -0.419. The SMILES string of the molecule is CCOC(=O)N(C)SCl. The van der Waals surface area contributed by atoms with Crippen LogP contribution >= 0.6 is 21.8 Å². The summed E-state index contributed by atoms with van der Waals surface area (Å²) in [5.41, 5.74) is 0. The molecule has 0 aliphatic rings. The number of hydrogen-bond acceptors (Lipinski definition) is 3. The maximum atomic E-state index is 10.6. The fraction of sp³-hybridized carbons (Fsp3) is 0.750. The summed E-state index contributed by atoms with van der Waals surface area (Å²) in [6.45, 7) is 2.12. The monoisotopic (exact) mass is 169 g/mol. The number of carbonyl (C=O) groups excluding carboxylic acids is 1. The molecule has 0 aromatic carbocycles. The van der Waals surface area contributed by atoms with Crippen molar-refractivity contribution in [2.75, 3.05) is 13.7 Å². The van der Waals surface area contributed by atoms with Crippen molar-refractivity contribution in [2.24, 2.45) is 0 Å². The van der Waals surface area contributed by atoms with Gasteiger partial charge in [-0.05, 0) is 17.6 Å². The molecule has 0 heterocycles. The fourth-order valence-electron chi connectivity index (χ4n) is 0.243. The lowest BCUT2D eigenvalue weighted by atomic mass is 10.9. The van der Waals surface area contributed by atoms with Gasteiger partial charge in [-0.3, -0.25) is 0 Å². The second-order valence-electron chi connectivity index (χ2n) is 1.27. The minimum Gasteiger partial charge on any atom is -0.449 e. The Kier molecular flexibility index (Phi) is 4.71. The normalized spacial score (nSPS) is 8.78. The van der Waals surface area contributed by atoms with Crippen molar-refractivity contribution in [2.45, 2.75) is 6.92 Å². The van der Waals surface area contributed by atoms with Crippen LogP contribution in [0, 0.1) is 0 Å². The highest BCUT2D eigenvalue weighted by atomic mass is 35.7. The first-order valence-electron chi connectivity index (χ1n) is 2.41. The zero-order valence-electron chi connectivity index (χ0n) is 5.26. The van der Waals surface area contributed by atoms with Crippen LogP contribution in [0.1, 0.15) is 6.92 Å². The lowest BCUT2D eigenvalue weighted by Gasteiger charge is -2.09. The molecule has 0 fully saturated rings. The van der Waals surface area contributed by atoms with Crippen LogP contribution in [0.15, 0.2) is 0 Å². The summed E-state index contributed by atoms with van der Waals surface area (Å²) in [6, 6.07) is 0. The van der Waals surface area contributed by atoms with Crippen molar-refractivity contribution >= 4 is 27.9 Å². The van der Waals surface area contributed by atoms with Crippen molar-refractivity contribution in [3.05, 3.63) is 0 Å². The van der Waals surface area contributed by atoms with Gasteiger partial charge in [0.25, 0.3) is 0 Å². The summed E-state index contributed by atoms with van der Waals surface area (Å²) in [5, 5.41) is 0. The summed E-state index contributed by atoms with van der Waals surface area (Å²) in [4.78, 5) is 10.6. The number of nitrogens with zero attached hydrogens (tertiary/aromatic N) is 1. The molecular formula is C4H8ClNO2S. The van der Waals surface area contributed by atoms with Gasteiger partial charge < -0.3 is 4.74 Å². The van der Waals surface area contributed by atoms with Crippen LogP contribution in [0.2, 0.25) is 0 Å². The molecule has 0 N–H and O–H groups in total. The van der Waals surface area contributed by atoms with E-state index in [1.807, 2.05) is 0 Å². The third-order valence-corrected chi connectivity index (χ3v) is 1.61. The van der Waals surface area contributed by atoms with Gasteiger partial charge in [-0.1, -0.05) is 0 Å². The standard InChI is InChI=1S/C4H8ClNO2S/c1-3-8-4(7)6(2)9-5/h3H2,1-2H3. The average Bonchev–Trinajstić information content (AvgIpc) is 1.87. The van der Waals surface area contributed by atoms with Gasteiger partial charge in [0.15, 0.2) is 0 Å². The Morgan fingerprint density at radius 3 is 2.78 bits per heavy atom. The van der Waals surface area contributed by atoms with Crippen LogP contribution in [0.4, 0.5) is 4.79 Å². The molecule has 3 nitrogen and oxygen atoms in total. The number of ether oxygens (including phenoxy) is 1. The predicted octanol–water partition coefficient (Wildman–Crippen LogP) is 1.88. The molecule has 0 rings (SSSR count). The van der Waals surface area contributed by atoms with Crippen LogP contribution < -0.4 is 0 Å². The fourth-order valence-corrected chi connectivity index (χ4v) is 0.521. The van der Waals surface area contributed by atoms with Crippen LogP contribution in [0.5, 0.6) is 0 Å². The van der Waals surface area contributed by atoms with Crippen molar-refractivity contribution < 1.29 is 9.53 Å². The Labute approximate surface area is 62.9 Å². The summed E-state index contributed by atoms with van der Waals surface area (Å²) >= 11 is 0.804. The molecule has 0 saturated heterocycles. The molecule has 0 aromatic rings. The van der Waals surface area contributed by atoms with Crippen molar-refractivity contribution in [1.29, 1.82) is 0 Å². The van der Waals surface area contributed by atoms with Crippen LogP contribution in [0.25, 0.3) is 0 Å². The van der Waals surface area contributed by atoms with Gasteiger partial charge in [-0.2, -0.15) is 0 Å². The highest BCUT2D eigenvalue weighted by Gasteiger charge is 2.06. The van der Waals surface area contributed by atoms with Gasteiger partial charge in [0, 0.05) is 7.05 Å². The van der Waals surface area contributed by atoms with Gasteiger partial charge in [-0.25, -0.2) is 9.10 Å². The summed E-state index contributed by atoms with van der Waals surface area (Å²) in [7, 11) is 6.76. The minimum absolute atomic E-state index is 0.376. The summed E-state index contributed by atoms with van der Waals surface area (Å²) in [5.74, 6) is 0. The van der Waals surface area contributed by atoms with Gasteiger partial charge >= 0.3 is 6.09 Å². The lowest BCUT2D eigenvalue weighted by molar-refractivity contribution is 0.139. The largest absolute Gasteiger partial charge is 0.449 e. The topological polar surface area (TPSA) is 29.5 Å². The molecule has 54 valence electrons. The Morgan fingerprint density at radius 1 is 1.89 bits per heavy atom. The highest BCUT2D eigenvalue weighted by molar-refractivity contribution is 8.19. The maximum Gasteiger partial charge on any atom is 0.420 e. The highest BCUT2D eigenvalue weighted by Crippen LogP contribution is 2.11. The van der Waals surface area contributed by atoms with Gasteiger partial charge in [0.1, 0.15) is 0 Å². The van der Waals surface area contributed by atoms with Gasteiger partial charge in [0.2, 0.25) is 0 Å². The number of amides is 1. The number of carbonyl (C=O) groups is 1. The third kappa shape index (κ3) is 3.48. The molecule has 0 bridgehead atoms. The molecule has 0 aliphatic carbocycles. The zero-order valence-corrected chi connectivity index (χ0v) is 6.83. The molecule has 9 heavy (non-hydrogen) atoms. The molecule has 0 aliphatic heterocycles. The van der Waals surface area contributed by atoms with E-state index in [2.05, 4.69) is 4.74 Å². The maximum absolute atomic E-state index is 10.6. The van der Waals surface area contributed by atoms with E-state index in [0.717, 1.165) is 11.2 Å². The second kappa shape index (κ2) is 4.76. The van der Waals surface area contributed by atoms with E-state index in [4.69, 9.17) is 10.7 Å². The van der Waals surface area contributed by atoms with E-state index in [9.17, 15) is 4.79 Å². The van der Waals surface area contributed by atoms with Crippen molar-refractivity contribution in [1.82, 2.24) is 4.31 Å². The molecule has 1 amide bonds. The number of hydrogen-bond donors (Lipinski definition) is 0. The molecule has 0 aromatic heterocycles. The van der Waals surface area contributed by atoms with Gasteiger partial charge in [-0.15, -0.1) is 0 Å². The van der Waals surface area contributed by atoms with Crippen LogP contribution in [-0.2, 0) is 4.74 Å². The molecule has 0 radical (unpaired) electrons. The van der Waals surface area contributed by atoms with E-state index in [1.165, 1.54) is 11.4 Å². The first-order valence-corrected chi connectivity index (χ1v) is 4.01. The summed E-state index contributed by atoms with van der Waals surface area (Å²) < 4.78 is 5.78. The third-order valence-electron chi connectivity index (χ3n) is 0.628. The Hall–Kier alpha value is -0.0900. The minimum atomic E-state index is -0.419. The van der Waals surface area contributed by atoms with Crippen molar-refractivity contribution in [3.63, 3.8) is 0 Å². The second-order valence-corrected chi connectivity index (χ2v) is 2.37. The van der Waals surface area contributed by atoms with E-state index in [1.54, 1.807) is 6.92 Å². The smallest absolute Gasteiger partial charge is 0.420 e. The van der Waals surface area contributed by atoms with Crippen LogP contribution in [0.3, 0.4) is 0 Å². The Bertz CT molecular complexity index is 101. The molecule has 0 unspecified atom stereocenters. The van der Waals surface area contributed by atoms with E-state index in [-0.39, 0.29) is 0 Å². The average molecular weight is 170 g/mol. The molecular weight excluding hydrogens is 162 g/mol. The van der Waals surface area contributed by atoms with Crippen molar-refractivity contribution in [3.8, 4) is 0 Å². The van der Waals surface area contributed by atoms with E-state index in [0.29, 0.717) is 6.61 Å². The predicted molar refractivity (Wildman–Crippen MR) is 38.2 cm³/mol. The first kappa shape index (κ1) is 8.91. The van der Waals surface area contributed by atoms with E-state index < -0.39 is 6.09 Å². The Morgan fingerprint density at radius 2 is 2.44 bits per heavy atom. The van der Waals surface area contributed by atoms with Crippen LogP contribution in [-0.4, -0.2) is 24.1 Å². The quantitative estimate of drug-likeness (QED) is 0.592. The molecule has 0 saturated carbocycles.